The zero-order valence-electron chi connectivity index (χ0n) is 7.97. The topological polar surface area (TPSA) is 0 Å². The molecule has 1 radical (unpaired) electrons. The summed E-state index contributed by atoms with van der Waals surface area (Å²) in [5.74, 6) is 0.467. The Morgan fingerprint density at radius 2 is 1.71 bits per heavy atom. The van der Waals surface area contributed by atoms with Crippen molar-refractivity contribution in [3.8, 4) is 0 Å². The highest BCUT2D eigenvalue weighted by molar-refractivity contribution is 7.07. The summed E-state index contributed by atoms with van der Waals surface area (Å²) in [5.41, 5.74) is 1.28. The van der Waals surface area contributed by atoms with Gasteiger partial charge in [0, 0.05) is 0 Å². The van der Waals surface area contributed by atoms with Crippen molar-refractivity contribution in [1.82, 2.24) is 0 Å². The van der Waals surface area contributed by atoms with Crippen LogP contribution in [-0.2, 0) is 0 Å². The second-order valence-corrected chi connectivity index (χ2v) is 7.48. The zero-order chi connectivity index (χ0) is 9.97. The van der Waals surface area contributed by atoms with Crippen LogP contribution in [-0.4, -0.2) is 8.11 Å². The normalized spacial score (nSPS) is 19.9. The Labute approximate surface area is 90.4 Å². The second kappa shape index (κ2) is 4.45. The molecule has 1 fully saturated rings. The lowest BCUT2D eigenvalue weighted by molar-refractivity contribution is 0.602. The molecule has 0 aromatic heterocycles. The highest BCUT2D eigenvalue weighted by atomic mass is 35.6. The molecule has 2 rings (SSSR count). The van der Waals surface area contributed by atoms with E-state index in [-0.39, 0.29) is 5.82 Å². The maximum atomic E-state index is 12.7. The van der Waals surface area contributed by atoms with Gasteiger partial charge in [-0.1, -0.05) is 12.1 Å². The average molecular weight is 228 g/mol. The minimum atomic E-state index is -0.542. The molecule has 0 nitrogen and oxygen atoms in total. The van der Waals surface area contributed by atoms with Crippen LogP contribution in [0.4, 0.5) is 4.39 Å². The smallest absolute Gasteiger partial charge is 0.165 e. The molecule has 1 aromatic rings. The van der Waals surface area contributed by atoms with Crippen LogP contribution in [0, 0.1) is 5.82 Å². The molecule has 0 unspecified atom stereocenters. The van der Waals surface area contributed by atoms with E-state index < -0.39 is 8.11 Å². The van der Waals surface area contributed by atoms with Crippen LogP contribution < -0.4 is 0 Å². The first kappa shape index (κ1) is 10.2. The van der Waals surface area contributed by atoms with Crippen LogP contribution in [0.15, 0.2) is 24.3 Å². The third-order valence-electron chi connectivity index (χ3n) is 2.87. The van der Waals surface area contributed by atoms with Gasteiger partial charge in [0.15, 0.2) is 8.11 Å². The summed E-state index contributed by atoms with van der Waals surface area (Å²) >= 11 is 6.14. The first-order chi connectivity index (χ1) is 6.75. The van der Waals surface area contributed by atoms with Gasteiger partial charge in [-0.25, -0.2) is 4.39 Å². The van der Waals surface area contributed by atoms with Crippen LogP contribution in [0.1, 0.15) is 24.3 Å². The minimum Gasteiger partial charge on any atom is -0.207 e. The quantitative estimate of drug-likeness (QED) is 0.504. The van der Waals surface area contributed by atoms with Crippen molar-refractivity contribution in [2.75, 3.05) is 0 Å². The van der Waals surface area contributed by atoms with E-state index in [4.69, 9.17) is 11.1 Å². The van der Waals surface area contributed by atoms with Crippen molar-refractivity contribution in [1.29, 1.82) is 0 Å². The number of hydrogen-bond acceptors (Lipinski definition) is 0. The fourth-order valence-electron chi connectivity index (χ4n) is 2.00. The summed E-state index contributed by atoms with van der Waals surface area (Å²) in [7, 11) is -0.542. The SMILES string of the molecule is Fc1ccc(C2CC[Si](Cl)CC2)cc1. The van der Waals surface area contributed by atoms with Gasteiger partial charge in [0.2, 0.25) is 0 Å². The summed E-state index contributed by atoms with van der Waals surface area (Å²) in [6.07, 6.45) is 2.37. The molecule has 1 aromatic carbocycles. The number of benzene rings is 1. The highest BCUT2D eigenvalue weighted by Crippen LogP contribution is 2.34. The van der Waals surface area contributed by atoms with Gasteiger partial charge >= 0.3 is 0 Å². The lowest BCUT2D eigenvalue weighted by Gasteiger charge is -2.24. The van der Waals surface area contributed by atoms with E-state index in [2.05, 4.69) is 0 Å². The Morgan fingerprint density at radius 3 is 2.29 bits per heavy atom. The molecule has 0 bridgehead atoms. The summed E-state index contributed by atoms with van der Waals surface area (Å²) in [6.45, 7) is 0. The summed E-state index contributed by atoms with van der Waals surface area (Å²) in [6, 6.07) is 9.30. The van der Waals surface area contributed by atoms with E-state index in [1.54, 1.807) is 12.1 Å². The first-order valence-corrected chi connectivity index (χ1v) is 7.94. The van der Waals surface area contributed by atoms with Crippen molar-refractivity contribution in [3.63, 3.8) is 0 Å². The predicted octanol–water partition coefficient (Wildman–Crippen LogP) is 3.93. The molecule has 1 aliphatic heterocycles. The van der Waals surface area contributed by atoms with Crippen LogP contribution in [0.25, 0.3) is 0 Å². The molecule has 0 amide bonds. The Kier molecular flexibility index (Phi) is 3.24. The fourth-order valence-corrected chi connectivity index (χ4v) is 4.23. The van der Waals surface area contributed by atoms with E-state index in [1.165, 1.54) is 30.5 Å². The monoisotopic (exact) mass is 227 g/mol. The predicted molar refractivity (Wildman–Crippen MR) is 59.6 cm³/mol. The van der Waals surface area contributed by atoms with Gasteiger partial charge in [0.05, 0.1) is 0 Å². The van der Waals surface area contributed by atoms with E-state index in [0.29, 0.717) is 5.92 Å². The van der Waals surface area contributed by atoms with Gasteiger partial charge < -0.3 is 0 Å². The maximum Gasteiger partial charge on any atom is 0.165 e. The van der Waals surface area contributed by atoms with Crippen LogP contribution >= 0.6 is 11.1 Å². The third kappa shape index (κ3) is 2.37. The molecule has 0 aliphatic carbocycles. The molecule has 0 saturated carbocycles. The van der Waals surface area contributed by atoms with E-state index >= 15 is 0 Å². The number of hydrogen-bond donors (Lipinski definition) is 0. The van der Waals surface area contributed by atoms with Gasteiger partial charge in [0.25, 0.3) is 0 Å². The van der Waals surface area contributed by atoms with Gasteiger partial charge in [-0.15, -0.1) is 0 Å². The lowest BCUT2D eigenvalue weighted by Crippen LogP contribution is -2.14. The molecular formula is C11H13ClFSi. The molecular weight excluding hydrogens is 215 g/mol. The largest absolute Gasteiger partial charge is 0.207 e. The van der Waals surface area contributed by atoms with Gasteiger partial charge in [-0.05, 0) is 48.5 Å². The molecule has 14 heavy (non-hydrogen) atoms. The van der Waals surface area contributed by atoms with Crippen molar-refractivity contribution in [3.05, 3.63) is 35.6 Å². The van der Waals surface area contributed by atoms with Gasteiger partial charge in [0.1, 0.15) is 5.82 Å². The first-order valence-electron chi connectivity index (χ1n) is 5.01. The van der Waals surface area contributed by atoms with E-state index in [0.717, 1.165) is 0 Å². The van der Waals surface area contributed by atoms with E-state index in [1.807, 2.05) is 12.1 Å². The standard InChI is InChI=1S/C11H13ClFSi/c12-14-7-5-10(6-8-14)9-1-3-11(13)4-2-9/h1-4,10H,5-8H2. The molecule has 1 saturated heterocycles. The molecule has 1 heterocycles. The molecule has 75 valence electrons. The third-order valence-corrected chi connectivity index (χ3v) is 5.67. The van der Waals surface area contributed by atoms with E-state index in [9.17, 15) is 4.39 Å². The molecule has 0 atom stereocenters. The molecule has 0 spiro atoms. The van der Waals surface area contributed by atoms with Crippen molar-refractivity contribution in [2.24, 2.45) is 0 Å². The van der Waals surface area contributed by atoms with Gasteiger partial charge in [-0.3, -0.25) is 0 Å². The molecule has 0 N–H and O–H groups in total. The summed E-state index contributed by atoms with van der Waals surface area (Å²) < 4.78 is 12.7. The molecule has 3 heteroatoms. The molecule has 1 aliphatic rings. The van der Waals surface area contributed by atoms with Crippen molar-refractivity contribution >= 4 is 19.2 Å². The van der Waals surface area contributed by atoms with Crippen molar-refractivity contribution < 1.29 is 4.39 Å². The highest BCUT2D eigenvalue weighted by Gasteiger charge is 2.22. The summed E-state index contributed by atoms with van der Waals surface area (Å²) in [5, 5.41) is 0. The van der Waals surface area contributed by atoms with Crippen LogP contribution in [0.3, 0.4) is 0 Å². The minimum absolute atomic E-state index is 0.147. The number of rotatable bonds is 1. The number of halogens is 2. The van der Waals surface area contributed by atoms with Crippen molar-refractivity contribution in [2.45, 2.75) is 30.8 Å². The summed E-state index contributed by atoms with van der Waals surface area (Å²) in [4.78, 5) is 0. The maximum absolute atomic E-state index is 12.7. The fraction of sp³-hybridized carbons (Fsp3) is 0.455. The zero-order valence-corrected chi connectivity index (χ0v) is 9.73. The Hall–Kier alpha value is -0.343. The Bertz CT molecular complexity index is 291. The Morgan fingerprint density at radius 1 is 1.14 bits per heavy atom. The Balaban J connectivity index is 2.05. The average Bonchev–Trinajstić information content (AvgIpc) is 2.21. The van der Waals surface area contributed by atoms with Crippen LogP contribution in [0.5, 0.6) is 0 Å². The van der Waals surface area contributed by atoms with Gasteiger partial charge in [-0.2, -0.15) is 11.1 Å². The second-order valence-electron chi connectivity index (χ2n) is 3.84. The van der Waals surface area contributed by atoms with Crippen LogP contribution in [0.2, 0.25) is 12.1 Å². The lowest BCUT2D eigenvalue weighted by atomic mass is 9.93.